The van der Waals surface area contributed by atoms with Gasteiger partial charge in [0.15, 0.2) is 0 Å². The highest BCUT2D eigenvalue weighted by Crippen LogP contribution is 2.21. The summed E-state index contributed by atoms with van der Waals surface area (Å²) >= 11 is 3.46. The topological polar surface area (TPSA) is 60.9 Å². The number of nitrogens with two attached hydrogens (primary N) is 1. The number of nitrogens with zero attached hydrogens (tertiary/aromatic N) is 2. The first kappa shape index (κ1) is 14.4. The van der Waals surface area contributed by atoms with E-state index in [9.17, 15) is 4.79 Å². The number of rotatable bonds is 5. The van der Waals surface area contributed by atoms with Crippen LogP contribution in [-0.4, -0.2) is 21.6 Å². The summed E-state index contributed by atoms with van der Waals surface area (Å²) in [6.07, 6.45) is 0.812. The number of carbonyl (C=O) groups excluding carboxylic acids is 1. The van der Waals surface area contributed by atoms with Crippen molar-refractivity contribution in [1.29, 1.82) is 0 Å². The lowest BCUT2D eigenvalue weighted by Gasteiger charge is -2.14. The van der Waals surface area contributed by atoms with Gasteiger partial charge in [0.1, 0.15) is 5.78 Å². The van der Waals surface area contributed by atoms with Gasteiger partial charge < -0.3 is 5.73 Å². The fraction of sp³-hybridized carbons (Fsp3) is 0.667. The minimum Gasteiger partial charge on any atom is -0.327 e. The fourth-order valence-corrected chi connectivity index (χ4v) is 2.11. The van der Waals surface area contributed by atoms with Crippen molar-refractivity contribution in [3.05, 3.63) is 15.9 Å². The van der Waals surface area contributed by atoms with E-state index in [0.29, 0.717) is 18.8 Å². The molecule has 96 valence electrons. The number of Topliss-reactive ketones (excluding diaryl/α,β-unsaturated/α-hetero) is 1. The molecule has 1 aromatic rings. The lowest BCUT2D eigenvalue weighted by Crippen LogP contribution is -2.30. The van der Waals surface area contributed by atoms with Crippen molar-refractivity contribution in [1.82, 2.24) is 9.78 Å². The molecule has 17 heavy (non-hydrogen) atoms. The predicted octanol–water partition coefficient (Wildman–Crippen LogP) is 1.98. The Bertz CT molecular complexity index is 412. The molecule has 2 N–H and O–H groups in total. The molecule has 0 aliphatic rings. The van der Waals surface area contributed by atoms with Crippen molar-refractivity contribution in [2.75, 3.05) is 0 Å². The molecule has 1 rings (SSSR count). The molecule has 1 atom stereocenters. The quantitative estimate of drug-likeness (QED) is 0.904. The molecule has 0 bridgehead atoms. The standard InChI is InChI=1S/C12H20BrN3O/c1-7(2)10(14)5-9(17)6-11-12(13)8(3)15-16(11)4/h7,10H,5-6,14H2,1-4H3. The summed E-state index contributed by atoms with van der Waals surface area (Å²) in [7, 11) is 1.85. The molecule has 0 saturated heterocycles. The van der Waals surface area contributed by atoms with E-state index in [2.05, 4.69) is 21.0 Å². The Labute approximate surface area is 111 Å². The molecule has 1 heterocycles. The van der Waals surface area contributed by atoms with Crippen LogP contribution in [0.5, 0.6) is 0 Å². The van der Waals surface area contributed by atoms with E-state index >= 15 is 0 Å². The van der Waals surface area contributed by atoms with Gasteiger partial charge >= 0.3 is 0 Å². The van der Waals surface area contributed by atoms with Gasteiger partial charge in [0.2, 0.25) is 0 Å². The summed E-state index contributed by atoms with van der Waals surface area (Å²) < 4.78 is 2.67. The van der Waals surface area contributed by atoms with Crippen molar-refractivity contribution < 1.29 is 4.79 Å². The van der Waals surface area contributed by atoms with Crippen LogP contribution in [0.15, 0.2) is 4.47 Å². The van der Waals surface area contributed by atoms with E-state index < -0.39 is 0 Å². The number of carbonyl (C=O) groups is 1. The zero-order chi connectivity index (χ0) is 13.2. The molecule has 1 unspecified atom stereocenters. The number of ketones is 1. The second-order valence-electron chi connectivity index (χ2n) is 4.80. The zero-order valence-corrected chi connectivity index (χ0v) is 12.4. The lowest BCUT2D eigenvalue weighted by molar-refractivity contribution is -0.119. The molecule has 0 aliphatic heterocycles. The number of aromatic nitrogens is 2. The van der Waals surface area contributed by atoms with Gasteiger partial charge in [-0.25, -0.2) is 0 Å². The Morgan fingerprint density at radius 2 is 2.12 bits per heavy atom. The molecule has 0 radical (unpaired) electrons. The van der Waals surface area contributed by atoms with E-state index in [1.807, 2.05) is 27.8 Å². The lowest BCUT2D eigenvalue weighted by atomic mass is 9.98. The van der Waals surface area contributed by atoms with Crippen LogP contribution in [0.4, 0.5) is 0 Å². The van der Waals surface area contributed by atoms with Gasteiger partial charge in [-0.1, -0.05) is 13.8 Å². The van der Waals surface area contributed by atoms with Crippen LogP contribution >= 0.6 is 15.9 Å². The molecular weight excluding hydrogens is 282 g/mol. The van der Waals surface area contributed by atoms with E-state index in [1.54, 1.807) is 4.68 Å². The summed E-state index contributed by atoms with van der Waals surface area (Å²) in [5.41, 5.74) is 7.72. The Kier molecular flexibility index (Phi) is 4.89. The molecule has 0 aromatic carbocycles. The number of hydrogen-bond donors (Lipinski definition) is 1. The molecule has 0 spiro atoms. The molecule has 0 fully saturated rings. The monoisotopic (exact) mass is 301 g/mol. The summed E-state index contributed by atoms with van der Waals surface area (Å²) in [5.74, 6) is 0.491. The SMILES string of the molecule is Cc1nn(C)c(CC(=O)CC(N)C(C)C)c1Br. The first-order valence-corrected chi connectivity index (χ1v) is 6.57. The third kappa shape index (κ3) is 3.64. The average Bonchev–Trinajstić information content (AvgIpc) is 2.45. The first-order chi connectivity index (χ1) is 7.82. The molecule has 0 saturated carbocycles. The van der Waals surface area contributed by atoms with E-state index in [-0.39, 0.29) is 11.8 Å². The van der Waals surface area contributed by atoms with Crippen LogP contribution in [0.25, 0.3) is 0 Å². The van der Waals surface area contributed by atoms with E-state index in [0.717, 1.165) is 15.9 Å². The van der Waals surface area contributed by atoms with Gasteiger partial charge in [0.05, 0.1) is 15.9 Å². The van der Waals surface area contributed by atoms with Crippen molar-refractivity contribution in [3.8, 4) is 0 Å². The summed E-state index contributed by atoms with van der Waals surface area (Å²) in [6.45, 7) is 5.97. The van der Waals surface area contributed by atoms with Crippen LogP contribution in [0.1, 0.15) is 31.7 Å². The van der Waals surface area contributed by atoms with Crippen LogP contribution in [0, 0.1) is 12.8 Å². The Morgan fingerprint density at radius 3 is 2.53 bits per heavy atom. The third-order valence-corrected chi connectivity index (χ3v) is 3.98. The minimum absolute atomic E-state index is 0.0596. The maximum Gasteiger partial charge on any atom is 0.140 e. The Hall–Kier alpha value is -0.680. The van der Waals surface area contributed by atoms with E-state index in [1.165, 1.54) is 0 Å². The Balaban J connectivity index is 2.68. The molecule has 5 heteroatoms. The maximum atomic E-state index is 11.9. The highest BCUT2D eigenvalue weighted by molar-refractivity contribution is 9.10. The number of hydrogen-bond acceptors (Lipinski definition) is 3. The number of halogens is 1. The van der Waals surface area contributed by atoms with E-state index in [4.69, 9.17) is 5.73 Å². The van der Waals surface area contributed by atoms with Gasteiger partial charge in [-0.15, -0.1) is 0 Å². The van der Waals surface area contributed by atoms with Crippen molar-refractivity contribution in [3.63, 3.8) is 0 Å². The van der Waals surface area contributed by atoms with Crippen LogP contribution in [-0.2, 0) is 18.3 Å². The molecule has 0 aliphatic carbocycles. The smallest absolute Gasteiger partial charge is 0.140 e. The first-order valence-electron chi connectivity index (χ1n) is 5.78. The minimum atomic E-state index is -0.0596. The summed E-state index contributed by atoms with van der Waals surface area (Å²) in [5, 5.41) is 4.26. The van der Waals surface area contributed by atoms with Crippen LogP contribution in [0.2, 0.25) is 0 Å². The maximum absolute atomic E-state index is 11.9. The second-order valence-corrected chi connectivity index (χ2v) is 5.59. The third-order valence-electron chi connectivity index (χ3n) is 2.95. The van der Waals surface area contributed by atoms with Gasteiger partial charge in [-0.2, -0.15) is 5.10 Å². The van der Waals surface area contributed by atoms with Gasteiger partial charge in [0, 0.05) is 25.9 Å². The predicted molar refractivity (Wildman–Crippen MR) is 71.8 cm³/mol. The van der Waals surface area contributed by atoms with Crippen molar-refractivity contribution >= 4 is 21.7 Å². The van der Waals surface area contributed by atoms with Crippen molar-refractivity contribution in [2.24, 2.45) is 18.7 Å². The molecule has 1 aromatic heterocycles. The highest BCUT2D eigenvalue weighted by Gasteiger charge is 2.17. The van der Waals surface area contributed by atoms with Gasteiger partial charge in [-0.05, 0) is 28.8 Å². The fourth-order valence-electron chi connectivity index (χ4n) is 1.63. The van der Waals surface area contributed by atoms with Gasteiger partial charge in [0.25, 0.3) is 0 Å². The zero-order valence-electron chi connectivity index (χ0n) is 10.8. The molecule has 0 amide bonds. The second kappa shape index (κ2) is 5.78. The largest absolute Gasteiger partial charge is 0.327 e. The summed E-state index contributed by atoms with van der Waals surface area (Å²) in [6, 6.07) is -0.0596. The molecule has 4 nitrogen and oxygen atoms in total. The average molecular weight is 302 g/mol. The summed E-state index contributed by atoms with van der Waals surface area (Å²) in [4.78, 5) is 11.9. The normalized spacial score (nSPS) is 13.1. The molecular formula is C12H20BrN3O. The van der Waals surface area contributed by atoms with Crippen molar-refractivity contribution in [2.45, 2.75) is 39.7 Å². The van der Waals surface area contributed by atoms with Crippen LogP contribution < -0.4 is 5.73 Å². The number of aryl methyl sites for hydroxylation is 2. The Morgan fingerprint density at radius 1 is 1.53 bits per heavy atom. The highest BCUT2D eigenvalue weighted by atomic mass is 79.9. The van der Waals surface area contributed by atoms with Gasteiger partial charge in [-0.3, -0.25) is 9.48 Å². The van der Waals surface area contributed by atoms with Crippen LogP contribution in [0.3, 0.4) is 0 Å².